The molecule has 0 aliphatic carbocycles. The Hall–Kier alpha value is -3.02. The van der Waals surface area contributed by atoms with Crippen LogP contribution in [0.4, 0.5) is 5.69 Å². The molecule has 0 heterocycles. The number of hydrogen-bond donors (Lipinski definition) is 0. The number of aryl methyl sites for hydroxylation is 1. The number of nitrogens with zero attached hydrogens (tertiary/aromatic N) is 2. The number of ketones is 1. The van der Waals surface area contributed by atoms with Gasteiger partial charge in [-0.15, -0.1) is 0 Å². The van der Waals surface area contributed by atoms with E-state index in [1.807, 2.05) is 19.1 Å². The van der Waals surface area contributed by atoms with Crippen molar-refractivity contribution in [3.05, 3.63) is 75.3 Å². The first-order chi connectivity index (χ1) is 10.6. The molecule has 6 heteroatoms. The van der Waals surface area contributed by atoms with Crippen molar-refractivity contribution < 1.29 is 14.6 Å². The van der Waals surface area contributed by atoms with Crippen molar-refractivity contribution >= 4 is 17.7 Å². The van der Waals surface area contributed by atoms with E-state index in [-0.39, 0.29) is 18.1 Å². The van der Waals surface area contributed by atoms with E-state index in [1.165, 1.54) is 18.3 Å². The lowest BCUT2D eigenvalue weighted by molar-refractivity contribution is -0.384. The lowest BCUT2D eigenvalue weighted by atomic mass is 10.1. The van der Waals surface area contributed by atoms with Crippen molar-refractivity contribution in [1.29, 1.82) is 0 Å². The van der Waals surface area contributed by atoms with Crippen LogP contribution < -0.4 is 0 Å². The van der Waals surface area contributed by atoms with E-state index in [9.17, 15) is 14.9 Å². The molecule has 0 bridgehead atoms. The second-order valence-corrected chi connectivity index (χ2v) is 4.65. The minimum absolute atomic E-state index is 0.0281. The smallest absolute Gasteiger partial charge is 0.270 e. The fourth-order valence-electron chi connectivity index (χ4n) is 1.74. The van der Waals surface area contributed by atoms with Gasteiger partial charge in [-0.05, 0) is 6.92 Å². The fourth-order valence-corrected chi connectivity index (χ4v) is 1.74. The second-order valence-electron chi connectivity index (χ2n) is 4.65. The number of benzene rings is 2. The van der Waals surface area contributed by atoms with E-state index in [0.29, 0.717) is 11.1 Å². The molecule has 0 aliphatic rings. The van der Waals surface area contributed by atoms with Gasteiger partial charge in [0.2, 0.25) is 5.78 Å². The lowest BCUT2D eigenvalue weighted by Gasteiger charge is -2.00. The highest BCUT2D eigenvalue weighted by Gasteiger charge is 2.06. The SMILES string of the molecule is Cc1ccc(C(=O)CO/N=C/c2cccc([N+](=O)[O-])c2)cc1. The summed E-state index contributed by atoms with van der Waals surface area (Å²) in [6, 6.07) is 13.1. The standard InChI is InChI=1S/C16H14N2O4/c1-12-5-7-14(8-6-12)16(19)11-22-17-10-13-3-2-4-15(9-13)18(20)21/h2-10H,11H2,1H3/b17-10+. The van der Waals surface area contributed by atoms with Crippen molar-refractivity contribution in [2.24, 2.45) is 5.16 Å². The van der Waals surface area contributed by atoms with Gasteiger partial charge in [0.25, 0.3) is 5.69 Å². The van der Waals surface area contributed by atoms with Crippen LogP contribution in [0.1, 0.15) is 21.5 Å². The minimum atomic E-state index is -0.487. The van der Waals surface area contributed by atoms with Crippen molar-refractivity contribution in [1.82, 2.24) is 0 Å². The molecule has 0 amide bonds. The number of nitro benzene ring substituents is 1. The molecule has 0 aromatic heterocycles. The lowest BCUT2D eigenvalue weighted by Crippen LogP contribution is -2.06. The molecule has 2 aromatic rings. The van der Waals surface area contributed by atoms with Crippen molar-refractivity contribution in [2.75, 3.05) is 6.61 Å². The van der Waals surface area contributed by atoms with Crippen LogP contribution in [-0.2, 0) is 4.84 Å². The summed E-state index contributed by atoms with van der Waals surface area (Å²) in [5.74, 6) is -0.184. The van der Waals surface area contributed by atoms with Crippen LogP contribution in [0, 0.1) is 17.0 Å². The van der Waals surface area contributed by atoms with Gasteiger partial charge in [-0.2, -0.15) is 0 Å². The molecule has 0 aliphatic heterocycles. The summed E-state index contributed by atoms with van der Waals surface area (Å²) < 4.78 is 0. The number of rotatable bonds is 6. The Bertz CT molecular complexity index is 708. The maximum absolute atomic E-state index is 11.8. The molecule has 0 fully saturated rings. The van der Waals surface area contributed by atoms with Gasteiger partial charge < -0.3 is 4.84 Å². The Labute approximate surface area is 127 Å². The second kappa shape index (κ2) is 7.12. The number of Topliss-reactive ketones (excluding diaryl/α,β-unsaturated/α-hetero) is 1. The van der Waals surface area contributed by atoms with E-state index in [4.69, 9.17) is 4.84 Å². The summed E-state index contributed by atoms with van der Waals surface area (Å²) >= 11 is 0. The van der Waals surface area contributed by atoms with Crippen LogP contribution in [0.25, 0.3) is 0 Å². The molecule has 0 atom stereocenters. The maximum atomic E-state index is 11.8. The molecular formula is C16H14N2O4. The zero-order valence-electron chi connectivity index (χ0n) is 11.9. The van der Waals surface area contributed by atoms with Crippen LogP contribution in [0.2, 0.25) is 0 Å². The molecule has 112 valence electrons. The fraction of sp³-hybridized carbons (Fsp3) is 0.125. The molecule has 0 saturated carbocycles. The largest absolute Gasteiger partial charge is 0.387 e. The van der Waals surface area contributed by atoms with E-state index in [1.54, 1.807) is 24.3 Å². The topological polar surface area (TPSA) is 81.8 Å². The summed E-state index contributed by atoms with van der Waals surface area (Å²) in [5, 5.41) is 14.3. The predicted octanol–water partition coefficient (Wildman–Crippen LogP) is 3.14. The van der Waals surface area contributed by atoms with Gasteiger partial charge in [0.05, 0.1) is 11.1 Å². The molecule has 0 N–H and O–H groups in total. The molecule has 22 heavy (non-hydrogen) atoms. The van der Waals surface area contributed by atoms with Gasteiger partial charge in [-0.3, -0.25) is 14.9 Å². The van der Waals surface area contributed by atoms with Gasteiger partial charge in [0.15, 0.2) is 6.61 Å². The Morgan fingerprint density at radius 2 is 2.00 bits per heavy atom. The van der Waals surface area contributed by atoms with Gasteiger partial charge in [-0.1, -0.05) is 47.1 Å². The third-order valence-corrected chi connectivity index (χ3v) is 2.93. The molecule has 6 nitrogen and oxygen atoms in total. The summed E-state index contributed by atoms with van der Waals surface area (Å²) in [6.45, 7) is 1.75. The van der Waals surface area contributed by atoms with E-state index in [0.717, 1.165) is 5.56 Å². The van der Waals surface area contributed by atoms with Crippen molar-refractivity contribution in [2.45, 2.75) is 6.92 Å². The number of carbonyl (C=O) groups excluding carboxylic acids is 1. The summed E-state index contributed by atoms with van der Waals surface area (Å²) in [4.78, 5) is 26.9. The zero-order valence-corrected chi connectivity index (χ0v) is 11.9. The van der Waals surface area contributed by atoms with Gasteiger partial charge in [0.1, 0.15) is 0 Å². The Morgan fingerprint density at radius 3 is 2.68 bits per heavy atom. The first kappa shape index (κ1) is 15.4. The van der Waals surface area contributed by atoms with Crippen LogP contribution in [-0.4, -0.2) is 23.5 Å². The molecule has 0 spiro atoms. The summed E-state index contributed by atoms with van der Waals surface area (Å²) in [7, 11) is 0. The average molecular weight is 298 g/mol. The quantitative estimate of drug-likeness (QED) is 0.355. The highest BCUT2D eigenvalue weighted by atomic mass is 16.6. The number of carbonyl (C=O) groups is 1. The summed E-state index contributed by atoms with van der Waals surface area (Å²) in [5.41, 5.74) is 2.12. The van der Waals surface area contributed by atoms with E-state index in [2.05, 4.69) is 5.16 Å². The van der Waals surface area contributed by atoms with Gasteiger partial charge in [0, 0.05) is 23.3 Å². The predicted molar refractivity (Wildman–Crippen MR) is 82.2 cm³/mol. The van der Waals surface area contributed by atoms with Gasteiger partial charge >= 0.3 is 0 Å². The molecule has 0 unspecified atom stereocenters. The number of hydrogen-bond acceptors (Lipinski definition) is 5. The van der Waals surface area contributed by atoms with Crippen LogP contribution >= 0.6 is 0 Å². The van der Waals surface area contributed by atoms with E-state index >= 15 is 0 Å². The maximum Gasteiger partial charge on any atom is 0.270 e. The molecular weight excluding hydrogens is 284 g/mol. The Kier molecular flexibility index (Phi) is 4.98. The first-order valence-corrected chi connectivity index (χ1v) is 6.56. The Morgan fingerprint density at radius 1 is 1.27 bits per heavy atom. The van der Waals surface area contributed by atoms with Crippen LogP contribution in [0.15, 0.2) is 53.7 Å². The third kappa shape index (κ3) is 4.24. The van der Waals surface area contributed by atoms with Crippen molar-refractivity contribution in [3.8, 4) is 0 Å². The molecule has 2 aromatic carbocycles. The highest BCUT2D eigenvalue weighted by Crippen LogP contribution is 2.11. The monoisotopic (exact) mass is 298 g/mol. The normalized spacial score (nSPS) is 10.6. The molecule has 0 radical (unpaired) electrons. The number of oxime groups is 1. The Balaban J connectivity index is 1.90. The number of nitro groups is 1. The number of non-ortho nitro benzene ring substituents is 1. The minimum Gasteiger partial charge on any atom is -0.387 e. The molecule has 0 saturated heterocycles. The van der Waals surface area contributed by atoms with Gasteiger partial charge in [-0.25, -0.2) is 0 Å². The summed E-state index contributed by atoms with van der Waals surface area (Å²) in [6.07, 6.45) is 1.33. The first-order valence-electron chi connectivity index (χ1n) is 6.56. The van der Waals surface area contributed by atoms with Crippen LogP contribution in [0.3, 0.4) is 0 Å². The van der Waals surface area contributed by atoms with Crippen molar-refractivity contribution in [3.63, 3.8) is 0 Å². The zero-order chi connectivity index (χ0) is 15.9. The molecule has 2 rings (SSSR count). The van der Waals surface area contributed by atoms with Crippen LogP contribution in [0.5, 0.6) is 0 Å². The third-order valence-electron chi connectivity index (χ3n) is 2.93. The highest BCUT2D eigenvalue weighted by molar-refractivity contribution is 5.97. The average Bonchev–Trinajstić information content (AvgIpc) is 2.52. The van der Waals surface area contributed by atoms with E-state index < -0.39 is 4.92 Å².